The maximum absolute atomic E-state index is 14.8. The Kier molecular flexibility index (Phi) is 35.9. The number of hydrogen-bond donors (Lipinski definition) is 19. The van der Waals surface area contributed by atoms with Gasteiger partial charge in [-0.25, -0.2) is 9.97 Å². The summed E-state index contributed by atoms with van der Waals surface area (Å²) >= 11 is 0. The minimum Gasteiger partial charge on any atom is -0.508 e. The van der Waals surface area contributed by atoms with Crippen LogP contribution in [0.25, 0.3) is 0 Å². The maximum atomic E-state index is 14.8. The first-order valence-corrected chi connectivity index (χ1v) is 36.0. The number of carboxylic acid groups (broad SMARTS) is 2. The zero-order valence-corrected chi connectivity index (χ0v) is 62.1. The number of carboxylic acids is 2. The molecule has 2 aromatic heterocycles. The molecule has 0 spiro atoms. The summed E-state index contributed by atoms with van der Waals surface area (Å²) in [5.41, 5.74) is 20.0. The number of phenols is 1. The molecule has 3 aromatic carbocycles. The molecule has 109 heavy (non-hydrogen) atoms. The number of aromatic amines is 2. The molecule has 5 rings (SSSR count). The summed E-state index contributed by atoms with van der Waals surface area (Å²) in [6.07, 6.45) is 3.02. The largest absolute Gasteiger partial charge is 0.508 e. The molecule has 0 saturated heterocycles. The van der Waals surface area contributed by atoms with Crippen LogP contribution in [-0.4, -0.2) is 197 Å². The Morgan fingerprint density at radius 3 is 1.18 bits per heavy atom. The molecule has 2 heterocycles. The maximum Gasteiger partial charge on any atom is 0.325 e. The van der Waals surface area contributed by atoms with E-state index < -0.39 is 193 Å². The number of primary amides is 1. The third-order valence-corrected chi connectivity index (χ3v) is 17.5. The van der Waals surface area contributed by atoms with Gasteiger partial charge in [0.1, 0.15) is 72.2 Å². The van der Waals surface area contributed by atoms with Crippen LogP contribution in [0.4, 0.5) is 0 Å². The van der Waals surface area contributed by atoms with Gasteiger partial charge in [-0.1, -0.05) is 114 Å². The van der Waals surface area contributed by atoms with E-state index in [4.69, 9.17) is 17.2 Å². The second-order valence-corrected chi connectivity index (χ2v) is 27.8. The van der Waals surface area contributed by atoms with E-state index in [2.05, 4.69) is 78.4 Å². The highest BCUT2D eigenvalue weighted by Crippen LogP contribution is 2.17. The van der Waals surface area contributed by atoms with Crippen molar-refractivity contribution in [3.05, 3.63) is 138 Å². The quantitative estimate of drug-likeness (QED) is 0.0202. The second-order valence-electron chi connectivity index (χ2n) is 27.8. The van der Waals surface area contributed by atoms with Crippen molar-refractivity contribution in [3.63, 3.8) is 0 Å². The number of hydrogen-bond acceptors (Lipinski definition) is 19. The van der Waals surface area contributed by atoms with Crippen LogP contribution in [0.3, 0.4) is 0 Å². The number of nitrogens with zero attached hydrogens (tertiary/aromatic N) is 2. The van der Waals surface area contributed by atoms with Gasteiger partial charge in [0.25, 0.3) is 0 Å². The first-order valence-electron chi connectivity index (χ1n) is 36.0. The fraction of sp³-hybridized carbons (Fsp3) is 0.486. The number of benzene rings is 3. The Bertz CT molecular complexity index is 3830. The number of amides is 12. The van der Waals surface area contributed by atoms with Crippen molar-refractivity contribution >= 4 is 82.8 Å². The lowest BCUT2D eigenvalue weighted by Crippen LogP contribution is -2.62. The minimum atomic E-state index is -1.67. The number of carbonyl (C=O) groups excluding carboxylic acids is 12. The van der Waals surface area contributed by atoms with Gasteiger partial charge in [0.2, 0.25) is 70.9 Å². The summed E-state index contributed by atoms with van der Waals surface area (Å²) in [6, 6.07) is 5.83. The summed E-state index contributed by atoms with van der Waals surface area (Å²) in [6.45, 7) is 11.4. The van der Waals surface area contributed by atoms with Gasteiger partial charge in [-0.05, 0) is 105 Å². The number of carbonyl (C=O) groups is 14. The van der Waals surface area contributed by atoms with E-state index >= 15 is 0 Å². The standard InChI is InChI=1S/C74H104N18O17/c1-40(2)30-54(71(105)92-62(42(5)6)72(106)89-56(33-45-18-12-9-13-19-45)68(102)87-55(32-44-16-10-8-11-17-44)67(101)82-43(7)74(108)109)86-64(98)51(20-14-15-29-75)84-65(99)52(25-27-59(77)94)85-69(103)57(34-47-36-78-38-80-47)88-70(104)58(35-48-37-79-39-81-48)90-73(107)61(41(3)4)91-66(100)53(26-28-60(95)96)83-63(97)50(76)31-46-21-23-49(93)24-22-46/h8-13,16-19,21-24,36-43,50-58,61-62,93H,14-15,20,25-35,75-76H2,1-7H3,(H2,77,94)(H,78,80)(H,79,81)(H,82,101)(H,83,97)(H,84,99)(H,85,103)(H,86,98)(H,87,102)(H,88,104)(H,89,106)(H,90,107)(H,91,100)(H,92,105)(H,95,96)(H,108,109)/t43-,50+,51-,52+,53+,54-,55-,56-,57+,58+,61+,62-/m1/s1. The summed E-state index contributed by atoms with van der Waals surface area (Å²) in [7, 11) is 0. The molecular weight excluding hydrogens is 1410 g/mol. The lowest BCUT2D eigenvalue weighted by molar-refractivity contribution is -0.142. The van der Waals surface area contributed by atoms with Crippen LogP contribution in [0.5, 0.6) is 5.75 Å². The number of nitrogens with one attached hydrogen (secondary N) is 13. The van der Waals surface area contributed by atoms with Crippen molar-refractivity contribution in [2.24, 2.45) is 35.0 Å². The van der Waals surface area contributed by atoms with Crippen LogP contribution in [0.2, 0.25) is 0 Å². The molecule has 592 valence electrons. The number of rotatable bonds is 47. The van der Waals surface area contributed by atoms with Crippen LogP contribution in [-0.2, 0) is 99.2 Å². The zero-order valence-electron chi connectivity index (χ0n) is 62.1. The van der Waals surface area contributed by atoms with Gasteiger partial charge >= 0.3 is 11.9 Å². The Balaban J connectivity index is 1.38. The van der Waals surface area contributed by atoms with Crippen molar-refractivity contribution in [3.8, 4) is 5.75 Å². The van der Waals surface area contributed by atoms with Gasteiger partial charge in [0, 0.05) is 62.3 Å². The van der Waals surface area contributed by atoms with E-state index in [0.29, 0.717) is 28.8 Å². The van der Waals surface area contributed by atoms with Gasteiger partial charge in [0.05, 0.1) is 18.7 Å². The molecule has 0 aliphatic rings. The van der Waals surface area contributed by atoms with E-state index in [1.165, 1.54) is 56.2 Å². The number of aliphatic carboxylic acids is 2. The predicted molar refractivity (Wildman–Crippen MR) is 397 cm³/mol. The van der Waals surface area contributed by atoms with Crippen molar-refractivity contribution in [1.29, 1.82) is 0 Å². The van der Waals surface area contributed by atoms with Crippen LogP contribution in [0, 0.1) is 17.8 Å². The Morgan fingerprint density at radius 2 is 0.780 bits per heavy atom. The van der Waals surface area contributed by atoms with Crippen molar-refractivity contribution in [1.82, 2.24) is 78.4 Å². The lowest BCUT2D eigenvalue weighted by Gasteiger charge is -2.30. The molecule has 35 heteroatoms. The highest BCUT2D eigenvalue weighted by Gasteiger charge is 2.39. The fourth-order valence-electron chi connectivity index (χ4n) is 11.4. The first-order chi connectivity index (χ1) is 51.7. The summed E-state index contributed by atoms with van der Waals surface area (Å²) in [5.74, 6) is -15.1. The Labute approximate surface area is 630 Å². The average molecular weight is 1520 g/mol. The molecular formula is C74H104N18O17. The molecule has 22 N–H and O–H groups in total. The van der Waals surface area contributed by atoms with Crippen molar-refractivity contribution < 1.29 is 82.4 Å². The zero-order chi connectivity index (χ0) is 80.4. The van der Waals surface area contributed by atoms with E-state index in [1.54, 1.807) is 102 Å². The smallest absolute Gasteiger partial charge is 0.325 e. The Hall–Kier alpha value is -11.6. The first kappa shape index (κ1) is 88.0. The molecule has 0 bridgehead atoms. The minimum absolute atomic E-state index is 0.0153. The van der Waals surface area contributed by atoms with E-state index in [0.717, 1.165) is 0 Å². The monoisotopic (exact) mass is 1520 g/mol. The Morgan fingerprint density at radius 1 is 0.413 bits per heavy atom. The number of phenolic OH excluding ortho intramolecular Hbond substituents is 1. The third kappa shape index (κ3) is 30.6. The van der Waals surface area contributed by atoms with Crippen LogP contribution in [0.1, 0.15) is 128 Å². The van der Waals surface area contributed by atoms with E-state index in [-0.39, 0.29) is 75.3 Å². The average Bonchev–Trinajstić information content (AvgIpc) is 1.64. The number of imidazole rings is 2. The number of unbranched alkanes of at least 4 members (excludes halogenated alkanes) is 1. The molecule has 35 nitrogen and oxygen atoms in total. The summed E-state index contributed by atoms with van der Waals surface area (Å²) < 4.78 is 0. The van der Waals surface area contributed by atoms with Crippen LogP contribution < -0.4 is 75.7 Å². The molecule has 0 aliphatic carbocycles. The van der Waals surface area contributed by atoms with Gasteiger partial charge in [0.15, 0.2) is 0 Å². The number of aromatic nitrogens is 4. The van der Waals surface area contributed by atoms with Gasteiger partial charge in [-0.2, -0.15) is 0 Å². The second kappa shape index (κ2) is 44.5. The molecule has 0 unspecified atom stereocenters. The SMILES string of the molecule is CC(C)C[C@@H](NC(=O)[C@@H](CCCCN)NC(=O)[C@H](CCC(N)=O)NC(=O)[C@H](Cc1cnc[nH]1)NC(=O)[C@H](Cc1cnc[nH]1)NC(=O)[C@@H](NC(=O)[C@H](CCC(=O)O)NC(=O)[C@@H](N)Cc1ccc(O)cc1)C(C)C)C(=O)N[C@@H](C(=O)N[C@H](Cc1ccccc1)C(=O)N[C@H](Cc1ccccc1)C(=O)N[C@H](C)C(=O)O)C(C)C. The van der Waals surface area contributed by atoms with E-state index in [9.17, 15) is 82.4 Å². The third-order valence-electron chi connectivity index (χ3n) is 17.5. The number of aromatic hydroxyl groups is 1. The van der Waals surface area contributed by atoms with Gasteiger partial charge in [-0.15, -0.1) is 0 Å². The topological polar surface area (TPSA) is 567 Å². The number of H-pyrrole nitrogens is 2. The molecule has 0 aliphatic heterocycles. The lowest BCUT2D eigenvalue weighted by atomic mass is 9.98. The predicted octanol–water partition coefficient (Wildman–Crippen LogP) is -1.27. The van der Waals surface area contributed by atoms with Crippen LogP contribution in [0.15, 0.2) is 110 Å². The molecule has 5 aromatic rings. The van der Waals surface area contributed by atoms with Crippen LogP contribution >= 0.6 is 0 Å². The van der Waals surface area contributed by atoms with E-state index in [1.807, 2.05) is 0 Å². The molecule has 0 radical (unpaired) electrons. The number of nitrogens with two attached hydrogens (primary N) is 3. The summed E-state index contributed by atoms with van der Waals surface area (Å²) in [4.78, 5) is 208. The molecule has 12 atom stereocenters. The van der Waals surface area contributed by atoms with Gasteiger partial charge in [-0.3, -0.25) is 67.1 Å². The highest BCUT2D eigenvalue weighted by atomic mass is 16.4. The van der Waals surface area contributed by atoms with Crippen molar-refractivity contribution in [2.45, 2.75) is 204 Å². The molecule has 12 amide bonds. The normalized spacial score (nSPS) is 14.5. The summed E-state index contributed by atoms with van der Waals surface area (Å²) in [5, 5.41) is 57.7. The fourth-order valence-corrected chi connectivity index (χ4v) is 11.4. The molecule has 0 fully saturated rings. The molecule has 0 saturated carbocycles. The van der Waals surface area contributed by atoms with Crippen molar-refractivity contribution in [2.75, 3.05) is 6.54 Å². The van der Waals surface area contributed by atoms with Gasteiger partial charge < -0.3 is 101 Å². The highest BCUT2D eigenvalue weighted by molar-refractivity contribution is 6.00.